The van der Waals surface area contributed by atoms with Gasteiger partial charge >= 0.3 is 0 Å². The number of carbonyl (C=O) groups is 2. The number of aromatic nitrogens is 2. The molecule has 0 spiro atoms. The van der Waals surface area contributed by atoms with Crippen LogP contribution in [0.15, 0.2) is 71.5 Å². The SMILES string of the molecule is C[C@H](Oc1ccc2ccccc2c1)C(=O)NNC(=O)c1nn(C)c(=O)c2ccccc12. The summed E-state index contributed by atoms with van der Waals surface area (Å²) in [6.07, 6.45) is -0.855. The Balaban J connectivity index is 1.44. The van der Waals surface area contributed by atoms with E-state index in [1.54, 1.807) is 37.3 Å². The van der Waals surface area contributed by atoms with Gasteiger partial charge in [0.25, 0.3) is 17.4 Å². The molecular formula is C23H20N4O4. The van der Waals surface area contributed by atoms with Crippen LogP contribution in [0.3, 0.4) is 0 Å². The molecule has 3 aromatic carbocycles. The van der Waals surface area contributed by atoms with Crippen LogP contribution in [0.2, 0.25) is 0 Å². The number of hydrazine groups is 1. The lowest BCUT2D eigenvalue weighted by molar-refractivity contribution is -0.128. The Morgan fingerprint density at radius 2 is 1.61 bits per heavy atom. The molecule has 1 heterocycles. The van der Waals surface area contributed by atoms with Gasteiger partial charge in [-0.2, -0.15) is 5.10 Å². The summed E-state index contributed by atoms with van der Waals surface area (Å²) in [6.45, 7) is 1.58. The summed E-state index contributed by atoms with van der Waals surface area (Å²) in [7, 11) is 1.46. The van der Waals surface area contributed by atoms with E-state index in [-0.39, 0.29) is 11.3 Å². The lowest BCUT2D eigenvalue weighted by Gasteiger charge is -2.16. The summed E-state index contributed by atoms with van der Waals surface area (Å²) in [5, 5.41) is 6.86. The molecule has 0 aliphatic heterocycles. The third kappa shape index (κ3) is 4.09. The Hall–Kier alpha value is -4.20. The first kappa shape index (κ1) is 20.1. The maximum absolute atomic E-state index is 12.6. The zero-order valence-electron chi connectivity index (χ0n) is 17.0. The van der Waals surface area contributed by atoms with E-state index in [2.05, 4.69) is 16.0 Å². The van der Waals surface area contributed by atoms with Crippen molar-refractivity contribution in [1.29, 1.82) is 0 Å². The second-order valence-corrected chi connectivity index (χ2v) is 7.04. The molecule has 2 amide bonds. The molecule has 4 aromatic rings. The molecule has 1 atom stereocenters. The molecule has 8 heteroatoms. The highest BCUT2D eigenvalue weighted by atomic mass is 16.5. The van der Waals surface area contributed by atoms with Gasteiger partial charge in [0.15, 0.2) is 11.8 Å². The van der Waals surface area contributed by atoms with Gasteiger partial charge in [-0.3, -0.25) is 25.2 Å². The fourth-order valence-electron chi connectivity index (χ4n) is 3.24. The van der Waals surface area contributed by atoms with Gasteiger partial charge in [0.2, 0.25) is 0 Å². The molecule has 1 aromatic heterocycles. The number of carbonyl (C=O) groups excluding carboxylic acids is 2. The summed E-state index contributed by atoms with van der Waals surface area (Å²) in [5.41, 5.74) is 4.40. The molecule has 0 radical (unpaired) electrons. The Bertz CT molecular complexity index is 1360. The maximum Gasteiger partial charge on any atom is 0.290 e. The molecule has 31 heavy (non-hydrogen) atoms. The number of nitrogens with zero attached hydrogens (tertiary/aromatic N) is 2. The number of ether oxygens (including phenoxy) is 1. The van der Waals surface area contributed by atoms with Gasteiger partial charge in [-0.1, -0.05) is 48.5 Å². The van der Waals surface area contributed by atoms with Crippen molar-refractivity contribution in [2.75, 3.05) is 0 Å². The van der Waals surface area contributed by atoms with E-state index in [4.69, 9.17) is 4.74 Å². The zero-order valence-corrected chi connectivity index (χ0v) is 17.0. The number of fused-ring (bicyclic) bond motifs is 2. The van der Waals surface area contributed by atoms with Crippen LogP contribution >= 0.6 is 0 Å². The average molecular weight is 416 g/mol. The Morgan fingerprint density at radius 3 is 2.39 bits per heavy atom. The third-order valence-corrected chi connectivity index (χ3v) is 4.87. The molecule has 0 bridgehead atoms. The molecule has 4 rings (SSSR count). The molecule has 0 aliphatic rings. The topological polar surface area (TPSA) is 102 Å². The standard InChI is InChI=1S/C23H20N4O4/c1-14(31-17-12-11-15-7-3-4-8-16(15)13-17)21(28)24-25-22(29)20-18-9-5-6-10-19(18)23(30)27(2)26-20/h3-14H,1-2H3,(H,24,28)(H,25,29)/t14-/m0/s1. The normalized spacial score (nSPS) is 11.8. The second-order valence-electron chi connectivity index (χ2n) is 7.04. The predicted molar refractivity (Wildman–Crippen MR) is 117 cm³/mol. The number of hydrogen-bond donors (Lipinski definition) is 2. The van der Waals surface area contributed by atoms with Crippen LogP contribution in [-0.2, 0) is 11.8 Å². The second kappa shape index (κ2) is 8.27. The van der Waals surface area contributed by atoms with Crippen molar-refractivity contribution in [3.63, 3.8) is 0 Å². The van der Waals surface area contributed by atoms with E-state index in [0.29, 0.717) is 16.5 Å². The van der Waals surface area contributed by atoms with Crippen molar-refractivity contribution in [3.8, 4) is 5.75 Å². The Labute approximate surface area is 177 Å². The van der Waals surface area contributed by atoms with Crippen molar-refractivity contribution in [2.45, 2.75) is 13.0 Å². The van der Waals surface area contributed by atoms with E-state index in [1.807, 2.05) is 36.4 Å². The first-order valence-corrected chi connectivity index (χ1v) is 9.66. The van der Waals surface area contributed by atoms with E-state index < -0.39 is 17.9 Å². The van der Waals surface area contributed by atoms with E-state index in [0.717, 1.165) is 15.5 Å². The average Bonchev–Trinajstić information content (AvgIpc) is 2.79. The van der Waals surface area contributed by atoms with Crippen LogP contribution in [0, 0.1) is 0 Å². The zero-order chi connectivity index (χ0) is 22.0. The minimum absolute atomic E-state index is 0.0288. The fraction of sp³-hybridized carbons (Fsp3) is 0.130. The van der Waals surface area contributed by atoms with E-state index in [9.17, 15) is 14.4 Å². The van der Waals surface area contributed by atoms with Crippen molar-refractivity contribution in [2.24, 2.45) is 7.05 Å². The van der Waals surface area contributed by atoms with Crippen molar-refractivity contribution >= 4 is 33.4 Å². The molecule has 8 nitrogen and oxygen atoms in total. The van der Waals surface area contributed by atoms with Crippen LogP contribution in [0.25, 0.3) is 21.5 Å². The lowest BCUT2D eigenvalue weighted by atomic mass is 10.1. The summed E-state index contributed by atoms with van der Waals surface area (Å²) in [4.78, 5) is 37.2. The quantitative estimate of drug-likeness (QED) is 0.497. The van der Waals surface area contributed by atoms with E-state index >= 15 is 0 Å². The molecule has 2 N–H and O–H groups in total. The molecule has 0 unspecified atom stereocenters. The Kier molecular flexibility index (Phi) is 5.36. The largest absolute Gasteiger partial charge is 0.481 e. The third-order valence-electron chi connectivity index (χ3n) is 4.87. The number of aryl methyl sites for hydroxylation is 1. The van der Waals surface area contributed by atoms with Gasteiger partial charge in [-0.15, -0.1) is 0 Å². The van der Waals surface area contributed by atoms with Crippen LogP contribution < -0.4 is 21.1 Å². The molecular weight excluding hydrogens is 396 g/mol. The highest BCUT2D eigenvalue weighted by molar-refractivity contribution is 6.05. The molecule has 0 saturated heterocycles. The number of amides is 2. The predicted octanol–water partition coefficient (Wildman–Crippen LogP) is 2.32. The maximum atomic E-state index is 12.6. The summed E-state index contributed by atoms with van der Waals surface area (Å²) in [6, 6.07) is 20.0. The van der Waals surface area contributed by atoms with Gasteiger partial charge < -0.3 is 4.74 Å². The smallest absolute Gasteiger partial charge is 0.290 e. The number of nitrogens with one attached hydrogen (secondary N) is 2. The number of benzene rings is 3. The van der Waals surface area contributed by atoms with Crippen LogP contribution in [0.1, 0.15) is 17.4 Å². The van der Waals surface area contributed by atoms with Gasteiger partial charge in [0.05, 0.1) is 5.39 Å². The van der Waals surface area contributed by atoms with Crippen LogP contribution in [0.4, 0.5) is 0 Å². The van der Waals surface area contributed by atoms with Crippen LogP contribution in [-0.4, -0.2) is 27.7 Å². The first-order chi connectivity index (χ1) is 14.9. The van der Waals surface area contributed by atoms with Gasteiger partial charge in [-0.05, 0) is 35.9 Å². The minimum Gasteiger partial charge on any atom is -0.481 e. The molecule has 0 aliphatic carbocycles. The van der Waals surface area contributed by atoms with Gasteiger partial charge in [0, 0.05) is 12.4 Å². The molecule has 0 saturated carbocycles. The fourth-order valence-corrected chi connectivity index (χ4v) is 3.24. The monoisotopic (exact) mass is 416 g/mol. The highest BCUT2D eigenvalue weighted by Gasteiger charge is 2.19. The van der Waals surface area contributed by atoms with E-state index in [1.165, 1.54) is 7.05 Å². The minimum atomic E-state index is -0.855. The Morgan fingerprint density at radius 1 is 0.935 bits per heavy atom. The first-order valence-electron chi connectivity index (χ1n) is 9.66. The van der Waals surface area contributed by atoms with Gasteiger partial charge in [-0.25, -0.2) is 4.68 Å². The molecule has 0 fully saturated rings. The van der Waals surface area contributed by atoms with Crippen molar-refractivity contribution in [3.05, 3.63) is 82.8 Å². The van der Waals surface area contributed by atoms with Crippen LogP contribution in [0.5, 0.6) is 5.75 Å². The highest BCUT2D eigenvalue weighted by Crippen LogP contribution is 2.21. The van der Waals surface area contributed by atoms with Crippen molar-refractivity contribution in [1.82, 2.24) is 20.6 Å². The summed E-state index contributed by atoms with van der Waals surface area (Å²) >= 11 is 0. The number of rotatable bonds is 4. The van der Waals surface area contributed by atoms with Crippen molar-refractivity contribution < 1.29 is 14.3 Å². The van der Waals surface area contributed by atoms with Gasteiger partial charge in [0.1, 0.15) is 5.75 Å². The summed E-state index contributed by atoms with van der Waals surface area (Å²) in [5.74, 6) is -0.632. The summed E-state index contributed by atoms with van der Waals surface area (Å²) < 4.78 is 6.79. The number of hydrogen-bond acceptors (Lipinski definition) is 5. The lowest BCUT2D eigenvalue weighted by Crippen LogP contribution is -2.47. The molecule has 156 valence electrons.